The minimum absolute atomic E-state index is 0.00834. The molecule has 0 aliphatic rings. The lowest BCUT2D eigenvalue weighted by molar-refractivity contribution is -0.140. The molecule has 0 aliphatic heterocycles. The zero-order chi connectivity index (χ0) is 31.5. The maximum atomic E-state index is 14.1. The number of nitrogens with zero attached hydrogens (tertiary/aromatic N) is 9. The number of halogens is 5. The van der Waals surface area contributed by atoms with E-state index in [1.807, 2.05) is 0 Å². The Morgan fingerprint density at radius 3 is 1.62 bits per heavy atom. The third-order valence-corrected chi connectivity index (χ3v) is 5.48. The van der Waals surface area contributed by atoms with Crippen molar-refractivity contribution < 1.29 is 41.1 Å². The van der Waals surface area contributed by atoms with Crippen molar-refractivity contribution in [3.63, 3.8) is 0 Å². The number of azide groups is 3. The largest absolute Gasteiger partial charge is 0.418 e. The number of unbranched alkanes of at least 4 members (excludes halogenated alkanes) is 2. The topological polar surface area (TPSA) is 231 Å². The van der Waals surface area contributed by atoms with E-state index >= 15 is 0 Å². The van der Waals surface area contributed by atoms with Gasteiger partial charge in [0.15, 0.2) is 0 Å². The van der Waals surface area contributed by atoms with Gasteiger partial charge in [0.25, 0.3) is 0 Å². The van der Waals surface area contributed by atoms with Gasteiger partial charge in [-0.15, -0.1) is 0 Å². The minimum Gasteiger partial charge on any atom is -0.418 e. The van der Waals surface area contributed by atoms with Gasteiger partial charge in [-0.3, -0.25) is 9.59 Å². The molecule has 1 aromatic rings. The number of carbonyl (C=O) groups excluding carboxylic acids is 3. The third kappa shape index (κ3) is 11.8. The molecule has 1 aromatic carbocycles. The van der Waals surface area contributed by atoms with Crippen molar-refractivity contribution in [1.29, 1.82) is 0 Å². The van der Waals surface area contributed by atoms with E-state index in [1.54, 1.807) is 0 Å². The standard InChI is InChI=1S/C22H26F5N11O4/c23-15-16(24)18(26)20(19(27)17(15)25)42-22(41)13(7-2-4-10-32-37-29)35-21(40)12(6-1-3-9-31-36-28)34-14(39)8-5-11-33-38-30/h12-13H,1-11H2,(H,34,39)(H,35,40)/t12-,13-/m1/s1. The molecular formula is C22H26F5N11O4. The van der Waals surface area contributed by atoms with Crippen LogP contribution in [0.5, 0.6) is 5.75 Å². The quantitative estimate of drug-likeness (QED) is 0.0246. The molecule has 0 radical (unpaired) electrons. The molecular weight excluding hydrogens is 577 g/mol. The molecule has 2 amide bonds. The van der Waals surface area contributed by atoms with Crippen molar-refractivity contribution >= 4 is 17.8 Å². The maximum absolute atomic E-state index is 14.1. The van der Waals surface area contributed by atoms with E-state index in [1.165, 1.54) is 0 Å². The van der Waals surface area contributed by atoms with E-state index < -0.39 is 64.7 Å². The van der Waals surface area contributed by atoms with Gasteiger partial charge >= 0.3 is 5.97 Å². The fourth-order valence-corrected chi connectivity index (χ4v) is 3.41. The number of benzene rings is 1. The van der Waals surface area contributed by atoms with Crippen molar-refractivity contribution in [3.8, 4) is 5.75 Å². The zero-order valence-corrected chi connectivity index (χ0v) is 22.0. The summed E-state index contributed by atoms with van der Waals surface area (Å²) in [7, 11) is 0. The highest BCUT2D eigenvalue weighted by Gasteiger charge is 2.32. The summed E-state index contributed by atoms with van der Waals surface area (Å²) in [5.74, 6) is -17.0. The summed E-state index contributed by atoms with van der Waals surface area (Å²) in [5.41, 5.74) is 25.1. The predicted molar refractivity (Wildman–Crippen MR) is 135 cm³/mol. The SMILES string of the molecule is [N-]=[N+]=NCCCC[C@@H](NC(=O)CCCN=[N+]=[N-])C(=O)N[C@H](CCCCN=[N+]=[N-])C(=O)Oc1c(F)c(F)c(F)c(F)c1F. The van der Waals surface area contributed by atoms with Crippen LogP contribution in [0.3, 0.4) is 0 Å². The van der Waals surface area contributed by atoms with Crippen LogP contribution >= 0.6 is 0 Å². The molecule has 20 heteroatoms. The van der Waals surface area contributed by atoms with Gasteiger partial charge in [0.05, 0.1) is 0 Å². The van der Waals surface area contributed by atoms with Crippen LogP contribution in [0.15, 0.2) is 15.3 Å². The van der Waals surface area contributed by atoms with E-state index in [9.17, 15) is 36.3 Å². The Bertz CT molecular complexity index is 1240. The molecule has 42 heavy (non-hydrogen) atoms. The first kappa shape index (κ1) is 35.2. The fraction of sp³-hybridized carbons (Fsp3) is 0.591. The predicted octanol–water partition coefficient (Wildman–Crippen LogP) is 5.31. The number of amides is 2. The van der Waals surface area contributed by atoms with E-state index in [0.717, 1.165) is 0 Å². The molecule has 0 fully saturated rings. The third-order valence-electron chi connectivity index (χ3n) is 5.48. The van der Waals surface area contributed by atoms with Gasteiger partial charge in [-0.25, -0.2) is 18.0 Å². The van der Waals surface area contributed by atoms with Crippen LogP contribution in [0, 0.1) is 29.1 Å². The Hall–Kier alpha value is -4.79. The summed E-state index contributed by atoms with van der Waals surface area (Å²) in [6, 6.07) is -2.96. The lowest BCUT2D eigenvalue weighted by Gasteiger charge is -2.23. The number of esters is 1. The van der Waals surface area contributed by atoms with Crippen LogP contribution < -0.4 is 15.4 Å². The van der Waals surface area contributed by atoms with Crippen LogP contribution in [0.4, 0.5) is 22.0 Å². The maximum Gasteiger partial charge on any atom is 0.334 e. The van der Waals surface area contributed by atoms with E-state index in [2.05, 4.69) is 45.4 Å². The summed E-state index contributed by atoms with van der Waals surface area (Å²) >= 11 is 0. The van der Waals surface area contributed by atoms with Crippen LogP contribution in [-0.2, 0) is 14.4 Å². The number of carbonyl (C=O) groups is 3. The van der Waals surface area contributed by atoms with Crippen LogP contribution in [-0.4, -0.2) is 49.5 Å². The Morgan fingerprint density at radius 2 is 1.12 bits per heavy atom. The number of hydrogen-bond donors (Lipinski definition) is 2. The minimum atomic E-state index is -2.47. The summed E-state index contributed by atoms with van der Waals surface area (Å²) in [6.07, 6.45) is 0.606. The van der Waals surface area contributed by atoms with E-state index in [-0.39, 0.29) is 64.6 Å². The molecule has 1 rings (SSSR count). The van der Waals surface area contributed by atoms with Gasteiger partial charge in [0.2, 0.25) is 46.6 Å². The number of rotatable bonds is 19. The van der Waals surface area contributed by atoms with Crippen molar-refractivity contribution in [3.05, 3.63) is 60.4 Å². The van der Waals surface area contributed by atoms with Crippen molar-refractivity contribution in [1.82, 2.24) is 10.6 Å². The van der Waals surface area contributed by atoms with Crippen LogP contribution in [0.25, 0.3) is 31.3 Å². The fourth-order valence-electron chi connectivity index (χ4n) is 3.41. The Kier molecular flexibility index (Phi) is 16.2. The van der Waals surface area contributed by atoms with Gasteiger partial charge in [-0.1, -0.05) is 28.2 Å². The molecule has 228 valence electrons. The lowest BCUT2D eigenvalue weighted by Crippen LogP contribution is -2.52. The first-order valence-corrected chi connectivity index (χ1v) is 12.4. The Labute approximate surface area is 234 Å². The molecule has 0 unspecified atom stereocenters. The molecule has 0 saturated heterocycles. The van der Waals surface area contributed by atoms with Gasteiger partial charge in [0.1, 0.15) is 12.1 Å². The molecule has 2 N–H and O–H groups in total. The lowest BCUT2D eigenvalue weighted by atomic mass is 10.1. The zero-order valence-electron chi connectivity index (χ0n) is 22.0. The molecule has 0 heterocycles. The molecule has 2 atom stereocenters. The number of nitrogens with one attached hydrogen (secondary N) is 2. The first-order chi connectivity index (χ1) is 20.1. The second-order valence-electron chi connectivity index (χ2n) is 8.46. The van der Waals surface area contributed by atoms with Gasteiger partial charge in [0, 0.05) is 40.8 Å². The smallest absolute Gasteiger partial charge is 0.334 e. The Balaban J connectivity index is 3.16. The van der Waals surface area contributed by atoms with Gasteiger partial charge < -0.3 is 15.4 Å². The van der Waals surface area contributed by atoms with Gasteiger partial charge in [-0.05, 0) is 48.7 Å². The second-order valence-corrected chi connectivity index (χ2v) is 8.46. The van der Waals surface area contributed by atoms with Gasteiger partial charge in [-0.2, -0.15) is 8.78 Å². The average molecular weight is 604 g/mol. The van der Waals surface area contributed by atoms with E-state index in [4.69, 9.17) is 16.6 Å². The van der Waals surface area contributed by atoms with E-state index in [0.29, 0.717) is 6.42 Å². The molecule has 0 spiro atoms. The molecule has 15 nitrogen and oxygen atoms in total. The summed E-state index contributed by atoms with van der Waals surface area (Å²) in [6.45, 7) is 0.0883. The highest BCUT2D eigenvalue weighted by molar-refractivity contribution is 5.91. The molecule has 0 aromatic heterocycles. The number of ether oxygens (including phenoxy) is 1. The normalized spacial score (nSPS) is 11.6. The Morgan fingerprint density at radius 1 is 0.667 bits per heavy atom. The van der Waals surface area contributed by atoms with Crippen LogP contribution in [0.1, 0.15) is 51.4 Å². The molecule has 0 aliphatic carbocycles. The summed E-state index contributed by atoms with van der Waals surface area (Å²) in [5, 5.41) is 14.6. The van der Waals surface area contributed by atoms with Crippen molar-refractivity contribution in [2.45, 2.75) is 63.5 Å². The van der Waals surface area contributed by atoms with Crippen LogP contribution in [0.2, 0.25) is 0 Å². The second kappa shape index (κ2) is 19.3. The first-order valence-electron chi connectivity index (χ1n) is 12.4. The number of hydrogen-bond acceptors (Lipinski definition) is 7. The highest BCUT2D eigenvalue weighted by atomic mass is 19.2. The molecule has 0 saturated carbocycles. The highest BCUT2D eigenvalue weighted by Crippen LogP contribution is 2.29. The average Bonchev–Trinajstić information content (AvgIpc) is 2.97. The van der Waals surface area contributed by atoms with Crippen molar-refractivity contribution in [2.24, 2.45) is 15.3 Å². The monoisotopic (exact) mass is 603 g/mol. The summed E-state index contributed by atoms with van der Waals surface area (Å²) < 4.78 is 73.2. The molecule has 0 bridgehead atoms. The van der Waals surface area contributed by atoms with Crippen molar-refractivity contribution in [2.75, 3.05) is 19.6 Å². The summed E-state index contributed by atoms with van der Waals surface area (Å²) in [4.78, 5) is 45.9.